The number of nitrogens with zero attached hydrogens (tertiary/aromatic N) is 1. The highest BCUT2D eigenvalue weighted by Crippen LogP contribution is 2.28. The van der Waals surface area contributed by atoms with Crippen LogP contribution < -0.4 is 5.32 Å². The number of benzene rings is 1. The molecule has 1 aromatic carbocycles. The summed E-state index contributed by atoms with van der Waals surface area (Å²) in [7, 11) is 0. The fourth-order valence-electron chi connectivity index (χ4n) is 2.21. The molecule has 0 radical (unpaired) electrons. The van der Waals surface area contributed by atoms with Crippen LogP contribution in [0.4, 0.5) is 0 Å². The largest absolute Gasteiger partial charge is 0.507 e. The van der Waals surface area contributed by atoms with Gasteiger partial charge in [0, 0.05) is 18.5 Å². The Balaban J connectivity index is 2.14. The van der Waals surface area contributed by atoms with E-state index in [2.05, 4.69) is 36.3 Å². The molecule has 0 amide bonds. The Kier molecular flexibility index (Phi) is 4.01. The number of phenols is 1. The summed E-state index contributed by atoms with van der Waals surface area (Å²) in [5.41, 5.74) is 2.43. The summed E-state index contributed by atoms with van der Waals surface area (Å²) in [4.78, 5) is 0. The van der Waals surface area contributed by atoms with Gasteiger partial charge in [-0.2, -0.15) is 5.10 Å². The van der Waals surface area contributed by atoms with Crippen LogP contribution in [0.1, 0.15) is 32.0 Å². The molecule has 0 saturated heterocycles. The third kappa shape index (κ3) is 3.49. The van der Waals surface area contributed by atoms with Crippen molar-refractivity contribution in [3.63, 3.8) is 0 Å². The first-order chi connectivity index (χ1) is 9.26. The second-order valence-corrected chi connectivity index (χ2v) is 6.37. The number of rotatable bonds is 4. The van der Waals surface area contributed by atoms with Gasteiger partial charge in [0.15, 0.2) is 0 Å². The topological polar surface area (TPSA) is 81.2 Å². The lowest BCUT2D eigenvalue weighted by molar-refractivity contribution is 0.160. The van der Waals surface area contributed by atoms with Crippen molar-refractivity contribution in [2.24, 2.45) is 0 Å². The molecule has 1 aromatic heterocycles. The van der Waals surface area contributed by atoms with Crippen molar-refractivity contribution >= 4 is 10.9 Å². The van der Waals surface area contributed by atoms with E-state index in [0.717, 1.165) is 11.1 Å². The summed E-state index contributed by atoms with van der Waals surface area (Å²) in [5, 5.41) is 31.2. The van der Waals surface area contributed by atoms with Crippen LogP contribution in [0.25, 0.3) is 10.9 Å². The standard InChI is InChI=1S/C15H23N3O2/c1-9-5-11-14(13(20)6-9)12(18-17-11)7-10(19)8-16-15(2,3)4/h5-6,10,16,19-20H,7-8H2,1-4H3,(H,17,18). The lowest BCUT2D eigenvalue weighted by Crippen LogP contribution is -2.41. The van der Waals surface area contributed by atoms with E-state index in [9.17, 15) is 10.2 Å². The summed E-state index contributed by atoms with van der Waals surface area (Å²) in [6, 6.07) is 3.65. The van der Waals surface area contributed by atoms with E-state index in [1.54, 1.807) is 6.07 Å². The van der Waals surface area contributed by atoms with E-state index in [-0.39, 0.29) is 11.3 Å². The van der Waals surface area contributed by atoms with E-state index < -0.39 is 6.10 Å². The molecule has 1 unspecified atom stereocenters. The van der Waals surface area contributed by atoms with Crippen LogP contribution >= 0.6 is 0 Å². The number of β-amino-alcohol motifs (C(OH)–C–C–N with tert-alkyl or cyclic N) is 1. The average Bonchev–Trinajstić information content (AvgIpc) is 2.68. The van der Waals surface area contributed by atoms with Gasteiger partial charge >= 0.3 is 0 Å². The van der Waals surface area contributed by atoms with Crippen molar-refractivity contribution < 1.29 is 10.2 Å². The molecule has 0 fully saturated rings. The Bertz CT molecular complexity index is 599. The van der Waals surface area contributed by atoms with E-state index in [0.29, 0.717) is 24.0 Å². The summed E-state index contributed by atoms with van der Waals surface area (Å²) in [6.07, 6.45) is -0.138. The molecule has 0 aliphatic carbocycles. The zero-order valence-electron chi connectivity index (χ0n) is 12.5. The second kappa shape index (κ2) is 5.42. The SMILES string of the molecule is Cc1cc(O)c2c(CC(O)CNC(C)(C)C)n[nH]c2c1. The minimum Gasteiger partial charge on any atom is -0.507 e. The van der Waals surface area contributed by atoms with Gasteiger partial charge in [0.2, 0.25) is 0 Å². The molecule has 110 valence electrons. The highest BCUT2D eigenvalue weighted by Gasteiger charge is 2.17. The minimum absolute atomic E-state index is 0.0339. The van der Waals surface area contributed by atoms with Crippen molar-refractivity contribution in [1.82, 2.24) is 15.5 Å². The van der Waals surface area contributed by atoms with Gasteiger partial charge in [0.25, 0.3) is 0 Å². The fraction of sp³-hybridized carbons (Fsp3) is 0.533. The Morgan fingerprint density at radius 3 is 2.70 bits per heavy atom. The van der Waals surface area contributed by atoms with E-state index in [1.807, 2.05) is 13.0 Å². The van der Waals surface area contributed by atoms with Gasteiger partial charge in [-0.05, 0) is 45.4 Å². The van der Waals surface area contributed by atoms with Crippen molar-refractivity contribution in [3.8, 4) is 5.75 Å². The molecular formula is C15H23N3O2. The maximum Gasteiger partial charge on any atom is 0.127 e. The smallest absolute Gasteiger partial charge is 0.127 e. The molecule has 0 aliphatic rings. The number of nitrogens with one attached hydrogen (secondary N) is 2. The van der Waals surface area contributed by atoms with Crippen LogP contribution in [-0.4, -0.2) is 38.6 Å². The van der Waals surface area contributed by atoms with Crippen LogP contribution in [0, 0.1) is 6.92 Å². The average molecular weight is 277 g/mol. The maximum absolute atomic E-state index is 10.1. The molecule has 1 atom stereocenters. The fourth-order valence-corrected chi connectivity index (χ4v) is 2.21. The predicted octanol–water partition coefficient (Wildman–Crippen LogP) is 1.87. The quantitative estimate of drug-likeness (QED) is 0.687. The zero-order valence-corrected chi connectivity index (χ0v) is 12.5. The normalized spacial score (nSPS) is 13.8. The number of hydrogen-bond donors (Lipinski definition) is 4. The number of fused-ring (bicyclic) bond motifs is 1. The molecule has 1 heterocycles. The van der Waals surface area contributed by atoms with E-state index >= 15 is 0 Å². The Labute approximate surface area is 119 Å². The number of aliphatic hydroxyl groups excluding tert-OH is 1. The van der Waals surface area contributed by atoms with Crippen LogP contribution in [0.15, 0.2) is 12.1 Å². The van der Waals surface area contributed by atoms with Gasteiger partial charge in [0.05, 0.1) is 22.7 Å². The number of phenolic OH excluding ortho intramolecular Hbond substituents is 1. The van der Waals surface area contributed by atoms with Gasteiger partial charge < -0.3 is 15.5 Å². The number of aromatic amines is 1. The highest BCUT2D eigenvalue weighted by molar-refractivity contribution is 5.88. The Morgan fingerprint density at radius 1 is 1.35 bits per heavy atom. The zero-order chi connectivity index (χ0) is 14.9. The first-order valence-corrected chi connectivity index (χ1v) is 6.86. The molecular weight excluding hydrogens is 254 g/mol. The van der Waals surface area contributed by atoms with Gasteiger partial charge in [-0.1, -0.05) is 0 Å². The maximum atomic E-state index is 10.1. The van der Waals surface area contributed by atoms with Crippen molar-refractivity contribution in [2.75, 3.05) is 6.54 Å². The van der Waals surface area contributed by atoms with Gasteiger partial charge in [-0.25, -0.2) is 0 Å². The summed E-state index contributed by atoms with van der Waals surface area (Å²) in [5.74, 6) is 0.208. The molecule has 0 saturated carbocycles. The van der Waals surface area contributed by atoms with Crippen LogP contribution in [0.2, 0.25) is 0 Å². The lowest BCUT2D eigenvalue weighted by atomic mass is 10.1. The second-order valence-electron chi connectivity index (χ2n) is 6.37. The summed E-state index contributed by atoms with van der Waals surface area (Å²) in [6.45, 7) is 8.57. The molecule has 5 heteroatoms. The van der Waals surface area contributed by atoms with Crippen LogP contribution in [0.3, 0.4) is 0 Å². The Hall–Kier alpha value is -1.59. The molecule has 0 bridgehead atoms. The van der Waals surface area contributed by atoms with Gasteiger partial charge in [-0.15, -0.1) is 0 Å². The minimum atomic E-state index is -0.540. The Morgan fingerprint density at radius 2 is 2.05 bits per heavy atom. The van der Waals surface area contributed by atoms with Gasteiger partial charge in [0.1, 0.15) is 5.75 Å². The molecule has 0 spiro atoms. The number of aliphatic hydroxyl groups is 1. The van der Waals surface area contributed by atoms with Crippen LogP contribution in [0.5, 0.6) is 5.75 Å². The third-order valence-electron chi connectivity index (χ3n) is 3.16. The molecule has 2 rings (SSSR count). The predicted molar refractivity (Wildman–Crippen MR) is 80.0 cm³/mol. The third-order valence-corrected chi connectivity index (χ3v) is 3.16. The van der Waals surface area contributed by atoms with Crippen molar-refractivity contribution in [2.45, 2.75) is 45.8 Å². The molecule has 2 aromatic rings. The number of aromatic hydroxyl groups is 1. The molecule has 4 N–H and O–H groups in total. The monoisotopic (exact) mass is 277 g/mol. The number of hydrogen-bond acceptors (Lipinski definition) is 4. The number of H-pyrrole nitrogens is 1. The molecule has 5 nitrogen and oxygen atoms in total. The van der Waals surface area contributed by atoms with Crippen molar-refractivity contribution in [3.05, 3.63) is 23.4 Å². The number of aryl methyl sites for hydroxylation is 1. The summed E-state index contributed by atoms with van der Waals surface area (Å²) >= 11 is 0. The number of aromatic nitrogens is 2. The van der Waals surface area contributed by atoms with Crippen molar-refractivity contribution in [1.29, 1.82) is 0 Å². The van der Waals surface area contributed by atoms with E-state index in [4.69, 9.17) is 0 Å². The first kappa shape index (κ1) is 14.8. The first-order valence-electron chi connectivity index (χ1n) is 6.86. The molecule has 0 aliphatic heterocycles. The summed E-state index contributed by atoms with van der Waals surface area (Å²) < 4.78 is 0. The lowest BCUT2D eigenvalue weighted by Gasteiger charge is -2.22. The molecule has 20 heavy (non-hydrogen) atoms. The van der Waals surface area contributed by atoms with E-state index in [1.165, 1.54) is 0 Å². The highest BCUT2D eigenvalue weighted by atomic mass is 16.3. The van der Waals surface area contributed by atoms with Crippen LogP contribution in [-0.2, 0) is 6.42 Å². The van der Waals surface area contributed by atoms with Gasteiger partial charge in [-0.3, -0.25) is 5.10 Å².